The van der Waals surface area contributed by atoms with Gasteiger partial charge in [0.1, 0.15) is 5.75 Å². The summed E-state index contributed by atoms with van der Waals surface area (Å²) in [6, 6.07) is 12.5. The van der Waals surface area contributed by atoms with Crippen molar-refractivity contribution in [2.75, 3.05) is 39.8 Å². The number of carbonyl (C=O) groups is 2. The molecule has 7 nitrogen and oxygen atoms in total. The number of rotatable bonds is 9. The summed E-state index contributed by atoms with van der Waals surface area (Å²) in [6.45, 7) is 2.80. The highest BCUT2D eigenvalue weighted by Crippen LogP contribution is 2.43. The molecule has 7 heteroatoms. The van der Waals surface area contributed by atoms with Crippen LogP contribution < -0.4 is 19.1 Å². The molecule has 3 rings (SSSR count). The van der Waals surface area contributed by atoms with Gasteiger partial charge in [0.15, 0.2) is 11.5 Å². The second-order valence-corrected chi connectivity index (χ2v) is 8.28. The third-order valence-corrected chi connectivity index (χ3v) is 6.24. The third-order valence-electron chi connectivity index (χ3n) is 6.24. The summed E-state index contributed by atoms with van der Waals surface area (Å²) >= 11 is 0. The van der Waals surface area contributed by atoms with Gasteiger partial charge in [0.05, 0.1) is 33.3 Å². The summed E-state index contributed by atoms with van der Waals surface area (Å²) in [5, 5.41) is 0. The van der Waals surface area contributed by atoms with Gasteiger partial charge in [-0.15, -0.1) is 0 Å². The number of nitrogens with zero attached hydrogens (tertiary/aromatic N) is 2. The van der Waals surface area contributed by atoms with E-state index in [1.807, 2.05) is 49.5 Å². The molecule has 1 saturated heterocycles. The van der Waals surface area contributed by atoms with Gasteiger partial charge in [-0.1, -0.05) is 19.4 Å². The lowest BCUT2D eigenvalue weighted by Gasteiger charge is -2.42. The first kappa shape index (κ1) is 24.4. The SMILES string of the molecule is CCCCN(C)C(=O)[C@H]1CCC(=O)N(c2ccc(OC)cc2)[C@H]1c1ccc(OC)c(OC)c1. The number of methoxy groups -OCH3 is 3. The normalized spacial score (nSPS) is 18.1. The van der Waals surface area contributed by atoms with Gasteiger partial charge in [0, 0.05) is 25.7 Å². The molecule has 2 aromatic carbocycles. The zero-order valence-corrected chi connectivity index (χ0v) is 20.2. The zero-order chi connectivity index (χ0) is 24.0. The quantitative estimate of drug-likeness (QED) is 0.560. The number of carbonyl (C=O) groups excluding carboxylic acids is 2. The molecule has 1 fully saturated rings. The van der Waals surface area contributed by atoms with E-state index in [1.54, 1.807) is 31.1 Å². The highest BCUT2D eigenvalue weighted by Gasteiger charge is 2.42. The maximum Gasteiger partial charge on any atom is 0.227 e. The van der Waals surface area contributed by atoms with E-state index in [0.29, 0.717) is 36.6 Å². The standard InChI is InChI=1S/C26H34N2O5/c1-6-7-16-27(2)26(30)21-13-15-24(29)28(19-9-11-20(31-3)12-10-19)25(21)18-8-14-22(32-4)23(17-18)33-5/h8-12,14,17,21,25H,6-7,13,15-16H2,1-5H3/t21-,25-/m0/s1. The fraction of sp³-hybridized carbons (Fsp3) is 0.462. The maximum absolute atomic E-state index is 13.6. The minimum atomic E-state index is -0.462. The summed E-state index contributed by atoms with van der Waals surface area (Å²) in [4.78, 5) is 30.3. The Balaban J connectivity index is 2.09. The fourth-order valence-electron chi connectivity index (χ4n) is 4.41. The summed E-state index contributed by atoms with van der Waals surface area (Å²) in [5.41, 5.74) is 1.56. The Kier molecular flexibility index (Phi) is 8.20. The van der Waals surface area contributed by atoms with E-state index in [9.17, 15) is 9.59 Å². The number of benzene rings is 2. The molecule has 2 aromatic rings. The van der Waals surface area contributed by atoms with E-state index in [0.717, 1.165) is 24.1 Å². The van der Waals surface area contributed by atoms with Crippen LogP contribution >= 0.6 is 0 Å². The number of piperidine rings is 1. The predicted octanol–water partition coefficient (Wildman–Crippen LogP) is 4.46. The Morgan fingerprint density at radius 2 is 1.73 bits per heavy atom. The molecule has 0 radical (unpaired) electrons. The van der Waals surface area contributed by atoms with E-state index in [4.69, 9.17) is 14.2 Å². The number of anilines is 1. The first-order valence-corrected chi connectivity index (χ1v) is 11.4. The molecule has 1 heterocycles. The lowest BCUT2D eigenvalue weighted by Crippen LogP contribution is -2.48. The van der Waals surface area contributed by atoms with Gasteiger partial charge in [-0.05, 0) is 54.8 Å². The number of unbranched alkanes of at least 4 members (excludes halogenated alkanes) is 1. The predicted molar refractivity (Wildman–Crippen MR) is 128 cm³/mol. The minimum absolute atomic E-state index is 0.0137. The number of hydrogen-bond donors (Lipinski definition) is 0. The number of amides is 2. The summed E-state index contributed by atoms with van der Waals surface area (Å²) in [6.07, 6.45) is 2.77. The molecule has 0 unspecified atom stereocenters. The molecule has 178 valence electrons. The molecule has 1 aliphatic rings. The molecule has 0 aliphatic carbocycles. The molecule has 2 amide bonds. The number of ether oxygens (including phenoxy) is 3. The van der Waals surface area contributed by atoms with Crippen LogP contribution in [0.15, 0.2) is 42.5 Å². The van der Waals surface area contributed by atoms with Gasteiger partial charge in [0.25, 0.3) is 0 Å². The van der Waals surface area contributed by atoms with Crippen molar-refractivity contribution in [2.45, 2.75) is 38.6 Å². The van der Waals surface area contributed by atoms with E-state index in [1.165, 1.54) is 0 Å². The van der Waals surface area contributed by atoms with Crippen molar-refractivity contribution in [3.63, 3.8) is 0 Å². The van der Waals surface area contributed by atoms with Crippen LogP contribution in [-0.4, -0.2) is 51.6 Å². The van der Waals surface area contributed by atoms with Crippen LogP contribution in [0.5, 0.6) is 17.2 Å². The van der Waals surface area contributed by atoms with Crippen LogP contribution in [0, 0.1) is 5.92 Å². The minimum Gasteiger partial charge on any atom is -0.497 e. The third kappa shape index (κ3) is 5.24. The molecular formula is C26H34N2O5. The average Bonchev–Trinajstić information content (AvgIpc) is 2.86. The van der Waals surface area contributed by atoms with Gasteiger partial charge in [0.2, 0.25) is 11.8 Å². The Hall–Kier alpha value is -3.22. The van der Waals surface area contributed by atoms with Gasteiger partial charge in [-0.3, -0.25) is 9.59 Å². The first-order chi connectivity index (χ1) is 15.9. The zero-order valence-electron chi connectivity index (χ0n) is 20.2. The Bertz CT molecular complexity index is 960. The van der Waals surface area contributed by atoms with Crippen molar-refractivity contribution >= 4 is 17.5 Å². The molecule has 33 heavy (non-hydrogen) atoms. The summed E-state index contributed by atoms with van der Waals surface area (Å²) < 4.78 is 16.2. The number of hydrogen-bond acceptors (Lipinski definition) is 5. The lowest BCUT2D eigenvalue weighted by atomic mass is 9.82. The molecule has 0 N–H and O–H groups in total. The van der Waals surface area contributed by atoms with Crippen LogP contribution in [0.2, 0.25) is 0 Å². The van der Waals surface area contributed by atoms with Crippen LogP contribution in [0.3, 0.4) is 0 Å². The highest BCUT2D eigenvalue weighted by atomic mass is 16.5. The van der Waals surface area contributed by atoms with Gasteiger partial charge >= 0.3 is 0 Å². The molecule has 0 saturated carbocycles. The van der Waals surface area contributed by atoms with Gasteiger partial charge in [-0.25, -0.2) is 0 Å². The monoisotopic (exact) mass is 454 g/mol. The lowest BCUT2D eigenvalue weighted by molar-refractivity contribution is -0.137. The second-order valence-electron chi connectivity index (χ2n) is 8.28. The van der Waals surface area contributed by atoms with Crippen molar-refractivity contribution in [1.82, 2.24) is 4.90 Å². The van der Waals surface area contributed by atoms with Crippen molar-refractivity contribution in [3.8, 4) is 17.2 Å². The van der Waals surface area contributed by atoms with Gasteiger partial charge < -0.3 is 24.0 Å². The van der Waals surface area contributed by atoms with E-state index >= 15 is 0 Å². The van der Waals surface area contributed by atoms with E-state index < -0.39 is 6.04 Å². The molecule has 1 aliphatic heterocycles. The smallest absolute Gasteiger partial charge is 0.227 e. The van der Waals surface area contributed by atoms with Crippen LogP contribution in [0.1, 0.15) is 44.2 Å². The van der Waals surface area contributed by atoms with Crippen LogP contribution in [-0.2, 0) is 9.59 Å². The summed E-state index contributed by atoms with van der Waals surface area (Å²) in [5.74, 6) is 1.53. The fourth-order valence-corrected chi connectivity index (χ4v) is 4.41. The van der Waals surface area contributed by atoms with Crippen LogP contribution in [0.4, 0.5) is 5.69 Å². The van der Waals surface area contributed by atoms with Gasteiger partial charge in [-0.2, -0.15) is 0 Å². The highest BCUT2D eigenvalue weighted by molar-refractivity contribution is 5.97. The average molecular weight is 455 g/mol. The van der Waals surface area contributed by atoms with Crippen molar-refractivity contribution in [1.29, 1.82) is 0 Å². The molecule has 0 bridgehead atoms. The molecular weight excluding hydrogens is 420 g/mol. The Morgan fingerprint density at radius 1 is 1.03 bits per heavy atom. The van der Waals surface area contributed by atoms with Crippen molar-refractivity contribution < 1.29 is 23.8 Å². The van der Waals surface area contributed by atoms with E-state index in [-0.39, 0.29) is 17.7 Å². The van der Waals surface area contributed by atoms with Crippen LogP contribution in [0.25, 0.3) is 0 Å². The first-order valence-electron chi connectivity index (χ1n) is 11.4. The van der Waals surface area contributed by atoms with Crippen molar-refractivity contribution in [3.05, 3.63) is 48.0 Å². The second kappa shape index (κ2) is 11.1. The molecule has 2 atom stereocenters. The Labute approximate surface area is 196 Å². The largest absolute Gasteiger partial charge is 0.497 e. The van der Waals surface area contributed by atoms with E-state index in [2.05, 4.69) is 6.92 Å². The summed E-state index contributed by atoms with van der Waals surface area (Å²) in [7, 11) is 6.61. The topological polar surface area (TPSA) is 68.3 Å². The van der Waals surface area contributed by atoms with Crippen molar-refractivity contribution in [2.24, 2.45) is 5.92 Å². The Morgan fingerprint density at radius 3 is 2.33 bits per heavy atom. The molecule has 0 aromatic heterocycles. The molecule has 0 spiro atoms. The maximum atomic E-state index is 13.6.